The second-order valence-corrected chi connectivity index (χ2v) is 4.32. The summed E-state index contributed by atoms with van der Waals surface area (Å²) in [5, 5.41) is 11.6. The average molecular weight is 185 g/mol. The molecule has 0 amide bonds. The first-order chi connectivity index (χ1) is 6.12. The molecule has 0 saturated carbocycles. The summed E-state index contributed by atoms with van der Waals surface area (Å²) in [4.78, 5) is 0. The lowest BCUT2D eigenvalue weighted by molar-refractivity contribution is -0.0252. The number of unbranched alkanes of at least 4 members (excludes halogenated alkanes) is 5. The molecule has 0 aromatic heterocycles. The highest BCUT2D eigenvalue weighted by atomic mass is 16.3. The fourth-order valence-electron chi connectivity index (χ4n) is 1.46. The molecule has 1 heteroatoms. The smallest absolute Gasteiger partial charge is 0.101 e. The standard InChI is InChI=1S/C12H25O/c1-4-6-7-8-9-10-11-12(3,13)5-2/h4-11H2,1-3H3. The van der Waals surface area contributed by atoms with Gasteiger partial charge in [-0.2, -0.15) is 0 Å². The zero-order chi connectivity index (χ0) is 10.2. The monoisotopic (exact) mass is 185 g/mol. The molecule has 1 nitrogen and oxygen atoms in total. The lowest BCUT2D eigenvalue weighted by Gasteiger charge is -2.17. The maximum absolute atomic E-state index is 11.6. The molecule has 0 spiro atoms. The van der Waals surface area contributed by atoms with E-state index in [9.17, 15) is 5.11 Å². The molecule has 79 valence electrons. The summed E-state index contributed by atoms with van der Waals surface area (Å²) in [6, 6.07) is 0. The largest absolute Gasteiger partial charge is 0.230 e. The van der Waals surface area contributed by atoms with E-state index in [1.807, 2.05) is 13.8 Å². The minimum atomic E-state index is -0.662. The molecule has 0 heterocycles. The minimum absolute atomic E-state index is 0.662. The van der Waals surface area contributed by atoms with Gasteiger partial charge in [0.25, 0.3) is 0 Å². The van der Waals surface area contributed by atoms with E-state index in [1.165, 1.54) is 32.1 Å². The van der Waals surface area contributed by atoms with E-state index in [0.717, 1.165) is 19.3 Å². The van der Waals surface area contributed by atoms with E-state index in [2.05, 4.69) is 6.92 Å². The Kier molecular flexibility index (Phi) is 7.35. The van der Waals surface area contributed by atoms with Gasteiger partial charge in [0, 0.05) is 0 Å². The molecule has 1 atom stereocenters. The second kappa shape index (κ2) is 7.37. The van der Waals surface area contributed by atoms with Gasteiger partial charge in [-0.1, -0.05) is 52.4 Å². The first-order valence-corrected chi connectivity index (χ1v) is 5.83. The Bertz CT molecular complexity index is 108. The van der Waals surface area contributed by atoms with E-state index in [0.29, 0.717) is 0 Å². The molecular weight excluding hydrogens is 160 g/mol. The molecule has 0 aromatic rings. The zero-order valence-corrected chi connectivity index (χ0v) is 9.57. The van der Waals surface area contributed by atoms with Crippen LogP contribution in [0.15, 0.2) is 0 Å². The summed E-state index contributed by atoms with van der Waals surface area (Å²) < 4.78 is 0. The third kappa shape index (κ3) is 8.29. The van der Waals surface area contributed by atoms with Gasteiger partial charge < -0.3 is 0 Å². The van der Waals surface area contributed by atoms with Crippen LogP contribution in [0.4, 0.5) is 0 Å². The van der Waals surface area contributed by atoms with Crippen LogP contribution < -0.4 is 0 Å². The number of hydrogen-bond acceptors (Lipinski definition) is 0. The average Bonchev–Trinajstić information content (AvgIpc) is 2.11. The van der Waals surface area contributed by atoms with Crippen LogP contribution in [0.1, 0.15) is 72.1 Å². The van der Waals surface area contributed by atoms with Crippen molar-refractivity contribution in [2.75, 3.05) is 0 Å². The molecular formula is C12H25O. The van der Waals surface area contributed by atoms with Crippen LogP contribution in [0, 0.1) is 0 Å². The summed E-state index contributed by atoms with van der Waals surface area (Å²) in [5.41, 5.74) is -0.662. The lowest BCUT2D eigenvalue weighted by Crippen LogP contribution is -2.20. The maximum atomic E-state index is 11.6. The van der Waals surface area contributed by atoms with E-state index < -0.39 is 5.60 Å². The summed E-state index contributed by atoms with van der Waals surface area (Å²) in [5.74, 6) is 0. The van der Waals surface area contributed by atoms with Crippen molar-refractivity contribution in [2.24, 2.45) is 0 Å². The van der Waals surface area contributed by atoms with Gasteiger partial charge in [0.1, 0.15) is 5.60 Å². The molecule has 1 radical (unpaired) electrons. The molecule has 0 N–H and O–H groups in total. The van der Waals surface area contributed by atoms with Gasteiger partial charge in [0.15, 0.2) is 0 Å². The Morgan fingerprint density at radius 3 is 2.00 bits per heavy atom. The Balaban J connectivity index is 3.16. The first kappa shape index (κ1) is 13.0. The van der Waals surface area contributed by atoms with Crippen molar-refractivity contribution in [1.82, 2.24) is 0 Å². The third-order valence-corrected chi connectivity index (χ3v) is 2.81. The van der Waals surface area contributed by atoms with Crippen molar-refractivity contribution in [1.29, 1.82) is 0 Å². The van der Waals surface area contributed by atoms with Crippen LogP contribution in [-0.2, 0) is 5.11 Å². The normalized spacial score (nSPS) is 15.7. The topological polar surface area (TPSA) is 19.9 Å². The minimum Gasteiger partial charge on any atom is -0.230 e. The van der Waals surface area contributed by atoms with Gasteiger partial charge in [-0.15, -0.1) is 0 Å². The fourth-order valence-corrected chi connectivity index (χ4v) is 1.46. The Morgan fingerprint density at radius 1 is 0.923 bits per heavy atom. The SMILES string of the molecule is CCCCCCCCC(C)([O])CC. The van der Waals surface area contributed by atoms with Crippen LogP contribution in [-0.4, -0.2) is 5.60 Å². The summed E-state index contributed by atoms with van der Waals surface area (Å²) >= 11 is 0. The van der Waals surface area contributed by atoms with E-state index in [4.69, 9.17) is 0 Å². The molecule has 1 unspecified atom stereocenters. The quantitative estimate of drug-likeness (QED) is 0.501. The van der Waals surface area contributed by atoms with Gasteiger partial charge in [-0.3, -0.25) is 0 Å². The highest BCUT2D eigenvalue weighted by Gasteiger charge is 2.18. The molecule has 0 aliphatic heterocycles. The maximum Gasteiger partial charge on any atom is 0.101 e. The Hall–Kier alpha value is -0.0400. The highest BCUT2D eigenvalue weighted by molar-refractivity contribution is 4.69. The molecule has 0 rings (SSSR count). The molecule has 0 aliphatic carbocycles. The molecule has 0 aliphatic rings. The molecule has 13 heavy (non-hydrogen) atoms. The van der Waals surface area contributed by atoms with Gasteiger partial charge >= 0.3 is 0 Å². The van der Waals surface area contributed by atoms with E-state index >= 15 is 0 Å². The van der Waals surface area contributed by atoms with E-state index in [1.54, 1.807) is 0 Å². The van der Waals surface area contributed by atoms with Crippen molar-refractivity contribution >= 4 is 0 Å². The number of hydrogen-bond donors (Lipinski definition) is 0. The van der Waals surface area contributed by atoms with Crippen molar-refractivity contribution in [2.45, 2.75) is 77.7 Å². The van der Waals surface area contributed by atoms with Gasteiger partial charge in [-0.05, 0) is 19.8 Å². The van der Waals surface area contributed by atoms with Crippen molar-refractivity contribution in [3.05, 3.63) is 0 Å². The fraction of sp³-hybridized carbons (Fsp3) is 1.00. The van der Waals surface area contributed by atoms with Crippen LogP contribution in [0.5, 0.6) is 0 Å². The van der Waals surface area contributed by atoms with Crippen molar-refractivity contribution in [3.63, 3.8) is 0 Å². The van der Waals surface area contributed by atoms with Crippen LogP contribution >= 0.6 is 0 Å². The molecule has 0 aromatic carbocycles. The van der Waals surface area contributed by atoms with Crippen LogP contribution in [0.2, 0.25) is 0 Å². The van der Waals surface area contributed by atoms with Crippen LogP contribution in [0.25, 0.3) is 0 Å². The lowest BCUT2D eigenvalue weighted by atomic mass is 9.95. The summed E-state index contributed by atoms with van der Waals surface area (Å²) in [6.07, 6.45) is 9.30. The molecule has 0 bridgehead atoms. The predicted molar refractivity (Wildman–Crippen MR) is 57.4 cm³/mol. The van der Waals surface area contributed by atoms with Gasteiger partial charge in [0.2, 0.25) is 0 Å². The Labute approximate surface area is 83.5 Å². The number of rotatable bonds is 8. The second-order valence-electron chi connectivity index (χ2n) is 4.32. The van der Waals surface area contributed by atoms with Gasteiger partial charge in [0.05, 0.1) is 0 Å². The van der Waals surface area contributed by atoms with Gasteiger partial charge in [-0.25, -0.2) is 5.11 Å². The predicted octanol–water partition coefficient (Wildman–Crippen LogP) is 4.34. The van der Waals surface area contributed by atoms with E-state index in [-0.39, 0.29) is 0 Å². The molecule has 0 fully saturated rings. The van der Waals surface area contributed by atoms with Crippen LogP contribution in [0.3, 0.4) is 0 Å². The molecule has 0 saturated heterocycles. The van der Waals surface area contributed by atoms with Crippen molar-refractivity contribution in [3.8, 4) is 0 Å². The summed E-state index contributed by atoms with van der Waals surface area (Å²) in [7, 11) is 0. The highest BCUT2D eigenvalue weighted by Crippen LogP contribution is 2.19. The van der Waals surface area contributed by atoms with Crippen molar-refractivity contribution < 1.29 is 5.11 Å². The zero-order valence-electron chi connectivity index (χ0n) is 9.57. The summed E-state index contributed by atoms with van der Waals surface area (Å²) in [6.45, 7) is 6.05. The third-order valence-electron chi connectivity index (χ3n) is 2.81. The Morgan fingerprint density at radius 2 is 1.46 bits per heavy atom. The first-order valence-electron chi connectivity index (χ1n) is 5.83.